The van der Waals surface area contributed by atoms with Crippen molar-refractivity contribution < 1.29 is 14.7 Å². The molecule has 2 aromatic heterocycles. The number of hydrogen-bond donors (Lipinski definition) is 1. The van der Waals surface area contributed by atoms with Crippen LogP contribution in [0.25, 0.3) is 4.96 Å². The normalized spacial score (nSPS) is 16.7. The highest BCUT2D eigenvalue weighted by Gasteiger charge is 2.36. The standard InChI is InChI=1S/C16H13N3O3S/c20-14(7-10-8-18-5-6-23-16(18)17-10)19-9-12(15(21)22)11-3-1-2-4-13(11)19/h1-6,8,12H,7,9H2,(H,21,22). The smallest absolute Gasteiger partial charge is 0.312 e. The summed E-state index contributed by atoms with van der Waals surface area (Å²) < 4.78 is 1.88. The van der Waals surface area contributed by atoms with Crippen LogP contribution in [-0.4, -0.2) is 32.9 Å². The van der Waals surface area contributed by atoms with Crippen molar-refractivity contribution in [3.05, 3.63) is 53.3 Å². The lowest BCUT2D eigenvalue weighted by Crippen LogP contribution is -2.32. The summed E-state index contributed by atoms with van der Waals surface area (Å²) in [5.74, 6) is -1.71. The molecule has 0 radical (unpaired) electrons. The molecule has 0 bridgehead atoms. The molecule has 1 unspecified atom stereocenters. The number of benzene rings is 1. The fourth-order valence-electron chi connectivity index (χ4n) is 2.97. The van der Waals surface area contributed by atoms with Crippen LogP contribution in [0.2, 0.25) is 0 Å². The van der Waals surface area contributed by atoms with E-state index in [0.717, 1.165) is 4.96 Å². The van der Waals surface area contributed by atoms with Gasteiger partial charge in [-0.25, -0.2) is 4.98 Å². The molecular formula is C16H13N3O3S. The van der Waals surface area contributed by atoms with E-state index in [-0.39, 0.29) is 18.9 Å². The van der Waals surface area contributed by atoms with Gasteiger partial charge in [-0.1, -0.05) is 18.2 Å². The van der Waals surface area contributed by atoms with Crippen LogP contribution < -0.4 is 4.90 Å². The molecule has 1 amide bonds. The average Bonchev–Trinajstić information content (AvgIpc) is 3.18. The number of nitrogens with zero attached hydrogens (tertiary/aromatic N) is 3. The first-order chi connectivity index (χ1) is 11.1. The lowest BCUT2D eigenvalue weighted by Gasteiger charge is -2.16. The third kappa shape index (κ3) is 2.29. The number of carbonyl (C=O) groups is 2. The number of carboxylic acids is 1. The number of hydrogen-bond acceptors (Lipinski definition) is 4. The Morgan fingerprint density at radius 3 is 2.96 bits per heavy atom. The van der Waals surface area contributed by atoms with Crippen molar-refractivity contribution in [2.45, 2.75) is 12.3 Å². The van der Waals surface area contributed by atoms with Crippen LogP contribution in [0.3, 0.4) is 0 Å². The fraction of sp³-hybridized carbons (Fsp3) is 0.188. The molecule has 0 spiro atoms. The van der Waals surface area contributed by atoms with Gasteiger partial charge in [0.05, 0.1) is 12.1 Å². The molecule has 6 nitrogen and oxygen atoms in total. The van der Waals surface area contributed by atoms with Gasteiger partial charge < -0.3 is 10.0 Å². The number of aliphatic carboxylic acids is 1. The first-order valence-electron chi connectivity index (χ1n) is 7.16. The van der Waals surface area contributed by atoms with Crippen molar-refractivity contribution in [1.82, 2.24) is 9.38 Å². The number of carboxylic acid groups (broad SMARTS) is 1. The Bertz CT molecular complexity index is 886. The summed E-state index contributed by atoms with van der Waals surface area (Å²) in [5, 5.41) is 11.3. The predicted molar refractivity (Wildman–Crippen MR) is 85.9 cm³/mol. The minimum absolute atomic E-state index is 0.132. The van der Waals surface area contributed by atoms with Gasteiger partial charge in [0.2, 0.25) is 5.91 Å². The Morgan fingerprint density at radius 1 is 1.35 bits per heavy atom. The summed E-state index contributed by atoms with van der Waals surface area (Å²) in [6.45, 7) is 0.176. The van der Waals surface area contributed by atoms with Crippen molar-refractivity contribution in [2.24, 2.45) is 0 Å². The van der Waals surface area contributed by atoms with Crippen LogP contribution in [0.5, 0.6) is 0 Å². The Labute approximate surface area is 135 Å². The topological polar surface area (TPSA) is 74.9 Å². The number of para-hydroxylation sites is 1. The number of fused-ring (bicyclic) bond motifs is 2. The Balaban J connectivity index is 1.61. The molecule has 1 N–H and O–H groups in total. The van der Waals surface area contributed by atoms with Crippen molar-refractivity contribution in [1.29, 1.82) is 0 Å². The number of thiazole rings is 1. The molecule has 4 rings (SSSR count). The van der Waals surface area contributed by atoms with Crippen LogP contribution >= 0.6 is 11.3 Å². The van der Waals surface area contributed by atoms with E-state index in [1.54, 1.807) is 23.1 Å². The molecule has 1 aromatic carbocycles. The lowest BCUT2D eigenvalue weighted by atomic mass is 10.0. The van der Waals surface area contributed by atoms with Crippen molar-refractivity contribution in [3.8, 4) is 0 Å². The largest absolute Gasteiger partial charge is 0.481 e. The van der Waals surface area contributed by atoms with Gasteiger partial charge in [0.25, 0.3) is 0 Å². The predicted octanol–water partition coefficient (Wildman–Crippen LogP) is 2.15. The highest BCUT2D eigenvalue weighted by atomic mass is 32.1. The summed E-state index contributed by atoms with van der Waals surface area (Å²) in [5.41, 5.74) is 2.07. The number of aromatic nitrogens is 2. The number of imidazole rings is 1. The fourth-order valence-corrected chi connectivity index (χ4v) is 3.69. The van der Waals surface area contributed by atoms with Gasteiger partial charge in [-0.2, -0.15) is 0 Å². The van der Waals surface area contributed by atoms with Gasteiger partial charge in [-0.15, -0.1) is 11.3 Å². The Morgan fingerprint density at radius 2 is 2.17 bits per heavy atom. The van der Waals surface area contributed by atoms with E-state index in [9.17, 15) is 14.7 Å². The summed E-state index contributed by atoms with van der Waals surface area (Å²) in [4.78, 5) is 30.9. The van der Waals surface area contributed by atoms with Crippen molar-refractivity contribution in [3.63, 3.8) is 0 Å². The van der Waals surface area contributed by atoms with E-state index in [2.05, 4.69) is 4.98 Å². The lowest BCUT2D eigenvalue weighted by molar-refractivity contribution is -0.138. The summed E-state index contributed by atoms with van der Waals surface area (Å²) in [6, 6.07) is 7.18. The van der Waals surface area contributed by atoms with E-state index in [1.165, 1.54) is 11.3 Å². The zero-order chi connectivity index (χ0) is 16.0. The molecule has 1 aliphatic heterocycles. The molecule has 116 valence electrons. The molecule has 3 aromatic rings. The molecule has 3 heterocycles. The van der Waals surface area contributed by atoms with Crippen molar-refractivity contribution in [2.75, 3.05) is 11.4 Å². The number of amides is 1. The Hall–Kier alpha value is -2.67. The minimum Gasteiger partial charge on any atom is -0.481 e. The molecular weight excluding hydrogens is 314 g/mol. The maximum Gasteiger partial charge on any atom is 0.312 e. The highest BCUT2D eigenvalue weighted by molar-refractivity contribution is 7.15. The molecule has 0 saturated carbocycles. The van der Waals surface area contributed by atoms with Gasteiger partial charge in [0.1, 0.15) is 5.92 Å². The molecule has 1 atom stereocenters. The van der Waals surface area contributed by atoms with Gasteiger partial charge >= 0.3 is 5.97 Å². The van der Waals surface area contributed by atoms with Crippen molar-refractivity contribution >= 4 is 33.9 Å². The molecule has 1 aliphatic rings. The minimum atomic E-state index is -0.907. The van der Waals surface area contributed by atoms with Gasteiger partial charge in [-0.05, 0) is 11.6 Å². The van der Waals surface area contributed by atoms with Crippen LogP contribution in [-0.2, 0) is 16.0 Å². The van der Waals surface area contributed by atoms with Gasteiger partial charge in [-0.3, -0.25) is 14.0 Å². The number of rotatable bonds is 3. The number of anilines is 1. The van der Waals surface area contributed by atoms with E-state index >= 15 is 0 Å². The first-order valence-corrected chi connectivity index (χ1v) is 8.04. The maximum atomic E-state index is 12.6. The molecule has 0 fully saturated rings. The molecule has 7 heteroatoms. The van der Waals surface area contributed by atoms with E-state index in [4.69, 9.17) is 0 Å². The van der Waals surface area contributed by atoms with Crippen LogP contribution in [0.1, 0.15) is 17.2 Å². The summed E-state index contributed by atoms with van der Waals surface area (Å²) >= 11 is 1.51. The average molecular weight is 327 g/mol. The molecule has 0 saturated heterocycles. The monoisotopic (exact) mass is 327 g/mol. The first kappa shape index (κ1) is 14.0. The second kappa shape index (κ2) is 5.20. The van der Waals surface area contributed by atoms with Crippen LogP contribution in [0, 0.1) is 0 Å². The van der Waals surface area contributed by atoms with E-state index in [1.807, 2.05) is 28.2 Å². The zero-order valence-corrected chi connectivity index (χ0v) is 12.9. The van der Waals surface area contributed by atoms with Gasteiger partial charge in [0, 0.05) is 30.0 Å². The van der Waals surface area contributed by atoms with E-state index < -0.39 is 11.9 Å². The van der Waals surface area contributed by atoms with Gasteiger partial charge in [0.15, 0.2) is 4.96 Å². The molecule has 23 heavy (non-hydrogen) atoms. The maximum absolute atomic E-state index is 12.6. The quantitative estimate of drug-likeness (QED) is 0.800. The highest BCUT2D eigenvalue weighted by Crippen LogP contribution is 2.36. The molecule has 0 aliphatic carbocycles. The Kier molecular flexibility index (Phi) is 3.16. The SMILES string of the molecule is O=C(O)C1CN(C(=O)Cc2cn3ccsc3n2)c2ccccc21. The van der Waals surface area contributed by atoms with Crippen LogP contribution in [0.15, 0.2) is 42.0 Å². The van der Waals surface area contributed by atoms with E-state index in [0.29, 0.717) is 16.9 Å². The number of carbonyl (C=O) groups excluding carboxylic acids is 1. The third-order valence-corrected chi connectivity index (χ3v) is 4.81. The van der Waals surface area contributed by atoms with Crippen LogP contribution in [0.4, 0.5) is 5.69 Å². The zero-order valence-electron chi connectivity index (χ0n) is 12.0. The second-order valence-electron chi connectivity index (χ2n) is 5.46. The summed E-state index contributed by atoms with van der Waals surface area (Å²) in [6.07, 6.45) is 3.89. The second-order valence-corrected chi connectivity index (χ2v) is 6.33. The summed E-state index contributed by atoms with van der Waals surface area (Å²) in [7, 11) is 0. The third-order valence-electron chi connectivity index (χ3n) is 4.04.